The number of aliphatic imine (C=N–C) groups is 1. The Bertz CT molecular complexity index is 1570. The molecule has 2 N–H and O–H groups in total. The second kappa shape index (κ2) is 14.0. The lowest BCUT2D eigenvalue weighted by molar-refractivity contribution is -0.129. The lowest BCUT2D eigenvalue weighted by Crippen LogP contribution is -2.55. The zero-order valence-corrected chi connectivity index (χ0v) is 27.2. The average molecular weight is 615 g/mol. The molecule has 0 aliphatic carbocycles. The van der Waals surface area contributed by atoms with Crippen molar-refractivity contribution in [1.82, 2.24) is 24.8 Å². The van der Waals surface area contributed by atoms with Gasteiger partial charge < -0.3 is 15.5 Å². The van der Waals surface area contributed by atoms with Gasteiger partial charge in [0.15, 0.2) is 5.82 Å². The third kappa shape index (κ3) is 6.43. The van der Waals surface area contributed by atoms with Crippen LogP contribution in [0.1, 0.15) is 75.9 Å². The van der Waals surface area contributed by atoms with Crippen molar-refractivity contribution in [3.8, 4) is 11.3 Å². The minimum Gasteiger partial charge on any atom is -0.398 e. The number of rotatable bonds is 9. The molecule has 2 amide bonds. The quantitative estimate of drug-likeness (QED) is 0.112. The molecule has 1 aromatic carbocycles. The van der Waals surface area contributed by atoms with Crippen molar-refractivity contribution in [2.75, 3.05) is 37.3 Å². The van der Waals surface area contributed by atoms with Crippen LogP contribution in [-0.4, -0.2) is 75.6 Å². The van der Waals surface area contributed by atoms with Gasteiger partial charge in [0.2, 0.25) is 12.3 Å². The predicted octanol–water partition coefficient (Wildman–Crippen LogP) is 5.46. The molecule has 1 aliphatic heterocycles. The number of pyridine rings is 1. The SMILES string of the molecule is C=CC(=O)N1CCN(/C(=N/C)c2cc(CC)c(-c3c(N)cccc3F)nc2N(C=O)c2c(C(C)C)ncnc2C(C)C)C[C@@H]1C. The fourth-order valence-electron chi connectivity index (χ4n) is 5.90. The first-order valence-corrected chi connectivity index (χ1v) is 15.3. The molecular weight excluding hydrogens is 571 g/mol. The van der Waals surface area contributed by atoms with E-state index < -0.39 is 5.82 Å². The van der Waals surface area contributed by atoms with E-state index in [1.165, 1.54) is 23.4 Å². The summed E-state index contributed by atoms with van der Waals surface area (Å²) in [5.41, 5.74) is 10.3. The van der Waals surface area contributed by atoms with Crippen molar-refractivity contribution < 1.29 is 14.0 Å². The Morgan fingerprint density at radius 3 is 2.38 bits per heavy atom. The Labute approximate surface area is 264 Å². The number of carbonyl (C=O) groups excluding carboxylic acids is 2. The monoisotopic (exact) mass is 614 g/mol. The van der Waals surface area contributed by atoms with Gasteiger partial charge in [-0.25, -0.2) is 19.3 Å². The van der Waals surface area contributed by atoms with Crippen LogP contribution in [0.15, 0.2) is 48.2 Å². The second-order valence-electron chi connectivity index (χ2n) is 11.8. The molecule has 1 aliphatic rings. The summed E-state index contributed by atoms with van der Waals surface area (Å²) in [5, 5.41) is 0. The molecule has 238 valence electrons. The minimum atomic E-state index is -0.511. The fraction of sp³-hybridized carbons (Fsp3) is 0.412. The molecule has 4 rings (SSSR count). The number of aryl methyl sites for hydroxylation is 1. The maximum absolute atomic E-state index is 15.4. The van der Waals surface area contributed by atoms with Crippen molar-refractivity contribution in [2.45, 2.75) is 65.8 Å². The summed E-state index contributed by atoms with van der Waals surface area (Å²) in [6.45, 7) is 17.1. The number of nitrogens with zero attached hydrogens (tertiary/aromatic N) is 7. The van der Waals surface area contributed by atoms with Crippen molar-refractivity contribution >= 4 is 35.3 Å². The molecule has 0 spiro atoms. The van der Waals surface area contributed by atoms with Crippen molar-refractivity contribution in [3.63, 3.8) is 0 Å². The molecule has 0 radical (unpaired) electrons. The van der Waals surface area contributed by atoms with Crippen LogP contribution in [0.5, 0.6) is 0 Å². The Balaban J connectivity index is 2.04. The minimum absolute atomic E-state index is 0.0429. The Kier molecular flexibility index (Phi) is 10.3. The number of carbonyl (C=O) groups is 2. The molecule has 45 heavy (non-hydrogen) atoms. The van der Waals surface area contributed by atoms with Crippen LogP contribution in [0.25, 0.3) is 11.3 Å². The Morgan fingerprint density at radius 2 is 1.87 bits per heavy atom. The van der Waals surface area contributed by atoms with Crippen LogP contribution in [-0.2, 0) is 16.0 Å². The molecular formula is C34H43FN8O2. The van der Waals surface area contributed by atoms with Gasteiger partial charge in [0, 0.05) is 38.4 Å². The van der Waals surface area contributed by atoms with E-state index in [9.17, 15) is 9.59 Å². The second-order valence-corrected chi connectivity index (χ2v) is 11.8. The number of nitrogens with two attached hydrogens (primary N) is 1. The number of amidine groups is 1. The maximum atomic E-state index is 15.4. The number of aromatic nitrogens is 3. The highest BCUT2D eigenvalue weighted by Crippen LogP contribution is 2.40. The van der Waals surface area contributed by atoms with Gasteiger partial charge >= 0.3 is 0 Å². The Morgan fingerprint density at radius 1 is 1.20 bits per heavy atom. The molecule has 10 nitrogen and oxygen atoms in total. The van der Waals surface area contributed by atoms with E-state index >= 15 is 4.39 Å². The summed E-state index contributed by atoms with van der Waals surface area (Å²) < 4.78 is 15.4. The van der Waals surface area contributed by atoms with E-state index in [1.54, 1.807) is 24.1 Å². The molecule has 0 bridgehead atoms. The highest BCUT2D eigenvalue weighted by atomic mass is 19.1. The highest BCUT2D eigenvalue weighted by molar-refractivity contribution is 6.07. The molecule has 1 saturated heterocycles. The topological polar surface area (TPSA) is 121 Å². The molecule has 3 heterocycles. The first-order valence-electron chi connectivity index (χ1n) is 15.3. The number of piperazine rings is 1. The van der Waals surface area contributed by atoms with Crippen molar-refractivity contribution in [3.05, 3.63) is 71.6 Å². The van der Waals surface area contributed by atoms with Crippen LogP contribution in [0.3, 0.4) is 0 Å². The van der Waals surface area contributed by atoms with Crippen molar-refractivity contribution in [2.24, 2.45) is 4.99 Å². The summed E-state index contributed by atoms with van der Waals surface area (Å²) >= 11 is 0. The van der Waals surface area contributed by atoms with Gasteiger partial charge in [-0.1, -0.05) is 47.3 Å². The van der Waals surface area contributed by atoms with Gasteiger partial charge in [-0.15, -0.1) is 0 Å². The fourth-order valence-corrected chi connectivity index (χ4v) is 5.90. The number of benzene rings is 1. The first-order chi connectivity index (χ1) is 21.5. The van der Waals surface area contributed by atoms with Gasteiger partial charge in [0.05, 0.1) is 33.9 Å². The summed E-state index contributed by atoms with van der Waals surface area (Å²) in [4.78, 5) is 50.0. The van der Waals surface area contributed by atoms with Crippen LogP contribution >= 0.6 is 0 Å². The van der Waals surface area contributed by atoms with Gasteiger partial charge in [0.25, 0.3) is 0 Å². The maximum Gasteiger partial charge on any atom is 0.246 e. The smallest absolute Gasteiger partial charge is 0.246 e. The van der Waals surface area contributed by atoms with E-state index in [-0.39, 0.29) is 40.9 Å². The van der Waals surface area contributed by atoms with E-state index in [1.807, 2.05) is 47.6 Å². The lowest BCUT2D eigenvalue weighted by Gasteiger charge is -2.41. The van der Waals surface area contributed by atoms with E-state index in [2.05, 4.69) is 21.4 Å². The van der Waals surface area contributed by atoms with Crippen LogP contribution < -0.4 is 10.6 Å². The standard InChI is InChI=1S/C34H43FN8O2/c1-9-23-16-24(33(37-8)41-14-15-42(22(7)17-41)27(45)10-2)34(40-31(23)28-25(35)12-11-13-26(28)36)43(19-44)32-29(20(3)4)38-18-39-30(32)21(5)6/h10-13,16,18-22H,2,9,14-15,17,36H2,1,3-8H3/b37-33+/t22-/m0/s1. The highest BCUT2D eigenvalue weighted by Gasteiger charge is 2.33. The van der Waals surface area contributed by atoms with E-state index in [0.717, 1.165) is 5.56 Å². The Hall–Kier alpha value is -4.67. The van der Waals surface area contributed by atoms with E-state index in [4.69, 9.17) is 15.7 Å². The molecule has 11 heteroatoms. The van der Waals surface area contributed by atoms with Gasteiger partial charge in [-0.3, -0.25) is 19.5 Å². The number of anilines is 3. The summed E-state index contributed by atoms with van der Waals surface area (Å²) in [6.07, 6.45) is 4.06. The number of hydrogen-bond acceptors (Lipinski definition) is 7. The summed E-state index contributed by atoms with van der Waals surface area (Å²) in [7, 11) is 1.69. The molecule has 2 aromatic heterocycles. The number of nitrogen functional groups attached to an aromatic ring is 1. The predicted molar refractivity (Wildman–Crippen MR) is 177 cm³/mol. The van der Waals surface area contributed by atoms with Crippen LogP contribution in [0, 0.1) is 5.82 Å². The molecule has 1 fully saturated rings. The molecule has 0 unspecified atom stereocenters. The van der Waals surface area contributed by atoms with Gasteiger partial charge in [0.1, 0.15) is 18.0 Å². The van der Waals surface area contributed by atoms with Gasteiger partial charge in [-0.2, -0.15) is 0 Å². The number of hydrogen-bond donors (Lipinski definition) is 1. The van der Waals surface area contributed by atoms with Crippen LogP contribution in [0.4, 0.5) is 21.6 Å². The zero-order valence-electron chi connectivity index (χ0n) is 27.2. The van der Waals surface area contributed by atoms with E-state index in [0.29, 0.717) is 66.6 Å². The third-order valence-electron chi connectivity index (χ3n) is 8.13. The molecule has 3 aromatic rings. The van der Waals surface area contributed by atoms with Gasteiger partial charge in [-0.05, 0) is 55.0 Å². The molecule has 1 atom stereocenters. The zero-order chi connectivity index (χ0) is 33.0. The normalized spacial score (nSPS) is 15.5. The number of halogens is 1. The third-order valence-corrected chi connectivity index (χ3v) is 8.13. The van der Waals surface area contributed by atoms with Crippen molar-refractivity contribution in [1.29, 1.82) is 0 Å². The summed E-state index contributed by atoms with van der Waals surface area (Å²) in [5.74, 6) is 0.133. The summed E-state index contributed by atoms with van der Waals surface area (Å²) in [6, 6.07) is 6.33. The first kappa shape index (κ1) is 33.2. The average Bonchev–Trinajstić information content (AvgIpc) is 3.01. The lowest BCUT2D eigenvalue weighted by atomic mass is 9.97. The largest absolute Gasteiger partial charge is 0.398 e. The van der Waals surface area contributed by atoms with Crippen LogP contribution in [0.2, 0.25) is 0 Å². The number of amides is 2. The molecule has 0 saturated carbocycles.